The van der Waals surface area contributed by atoms with Gasteiger partial charge < -0.3 is 15.1 Å². The summed E-state index contributed by atoms with van der Waals surface area (Å²) in [6.07, 6.45) is 2.62. The minimum atomic E-state index is 0.461. The van der Waals surface area contributed by atoms with E-state index in [4.69, 9.17) is 4.98 Å². The fraction of sp³-hybridized carbons (Fsp3) is 0.706. The van der Waals surface area contributed by atoms with Gasteiger partial charge in [-0.3, -0.25) is 0 Å². The molecule has 21 heavy (non-hydrogen) atoms. The van der Waals surface area contributed by atoms with E-state index in [1.807, 2.05) is 7.05 Å². The fourth-order valence-electron chi connectivity index (χ4n) is 3.01. The Hall–Kier alpha value is -1.13. The lowest BCUT2D eigenvalue weighted by atomic mass is 10.1. The average molecular weight is 290 g/mol. The first-order valence-corrected chi connectivity index (χ1v) is 8.08. The minimum absolute atomic E-state index is 0.461. The highest BCUT2D eigenvalue weighted by molar-refractivity contribution is 5.43. The van der Waals surface area contributed by atoms with Crippen LogP contribution in [-0.2, 0) is 6.54 Å². The second kappa shape index (κ2) is 7.23. The van der Waals surface area contributed by atoms with Crippen LogP contribution in [0, 0.1) is 0 Å². The van der Waals surface area contributed by atoms with Crippen LogP contribution in [0.25, 0.3) is 0 Å². The number of likely N-dealkylation sites (tertiary alicyclic amines) is 1. The van der Waals surface area contributed by atoms with Gasteiger partial charge in [-0.2, -0.15) is 0 Å². The van der Waals surface area contributed by atoms with E-state index in [1.165, 1.54) is 30.6 Å². The summed E-state index contributed by atoms with van der Waals surface area (Å²) in [6.45, 7) is 7.60. The fourth-order valence-corrected chi connectivity index (χ4v) is 3.01. The van der Waals surface area contributed by atoms with Crippen molar-refractivity contribution in [2.24, 2.45) is 0 Å². The van der Waals surface area contributed by atoms with Crippen molar-refractivity contribution in [1.29, 1.82) is 0 Å². The number of rotatable bonds is 6. The van der Waals surface area contributed by atoms with E-state index >= 15 is 0 Å². The molecular formula is C17H30N4. The highest BCUT2D eigenvalue weighted by atomic mass is 15.2. The van der Waals surface area contributed by atoms with Gasteiger partial charge in [0.05, 0.1) is 0 Å². The van der Waals surface area contributed by atoms with Crippen LogP contribution in [-0.4, -0.2) is 50.2 Å². The first kappa shape index (κ1) is 16.2. The molecule has 1 aliphatic rings. The molecule has 0 aliphatic carbocycles. The lowest BCUT2D eigenvalue weighted by molar-refractivity contribution is 0.314. The quantitative estimate of drug-likeness (QED) is 0.872. The second-order valence-electron chi connectivity index (χ2n) is 6.60. The normalized spacial score (nSPS) is 19.4. The summed E-state index contributed by atoms with van der Waals surface area (Å²) >= 11 is 0. The van der Waals surface area contributed by atoms with Crippen LogP contribution in [0.2, 0.25) is 0 Å². The number of hydrogen-bond donors (Lipinski definition) is 1. The van der Waals surface area contributed by atoms with Gasteiger partial charge in [-0.25, -0.2) is 4.98 Å². The lowest BCUT2D eigenvalue weighted by Gasteiger charge is -2.27. The molecule has 2 heterocycles. The van der Waals surface area contributed by atoms with Crippen molar-refractivity contribution in [2.45, 2.75) is 45.2 Å². The standard InChI is InChI=1S/C17H30N4/c1-13(2)16-9-14(11-18-3)10-17(19-16)21(5)12-15-7-6-8-20(15)4/h9-10,13,15,18H,6-8,11-12H2,1-5H3. The minimum Gasteiger partial charge on any atom is -0.358 e. The third kappa shape index (κ3) is 4.17. The zero-order chi connectivity index (χ0) is 15.4. The molecule has 4 heteroatoms. The molecule has 0 aromatic carbocycles. The molecule has 4 nitrogen and oxygen atoms in total. The second-order valence-corrected chi connectivity index (χ2v) is 6.60. The van der Waals surface area contributed by atoms with E-state index in [0.29, 0.717) is 12.0 Å². The SMILES string of the molecule is CNCc1cc(C(C)C)nc(N(C)CC2CCCN2C)c1. The van der Waals surface area contributed by atoms with Crippen LogP contribution < -0.4 is 10.2 Å². The first-order chi connectivity index (χ1) is 10.0. The van der Waals surface area contributed by atoms with Gasteiger partial charge in [0.25, 0.3) is 0 Å². The number of likely N-dealkylation sites (N-methyl/N-ethyl adjacent to an activating group) is 2. The van der Waals surface area contributed by atoms with Crippen molar-refractivity contribution in [1.82, 2.24) is 15.2 Å². The summed E-state index contributed by atoms with van der Waals surface area (Å²) in [5, 5.41) is 3.24. The summed E-state index contributed by atoms with van der Waals surface area (Å²) in [5.74, 6) is 1.56. The molecule has 1 fully saturated rings. The van der Waals surface area contributed by atoms with Crippen molar-refractivity contribution in [3.05, 3.63) is 23.4 Å². The third-order valence-electron chi connectivity index (χ3n) is 4.41. The Balaban J connectivity index is 2.16. The Kier molecular flexibility index (Phi) is 5.59. The van der Waals surface area contributed by atoms with Gasteiger partial charge in [0.15, 0.2) is 0 Å². The molecule has 1 aromatic heterocycles. The molecule has 0 bridgehead atoms. The molecule has 0 radical (unpaired) electrons. The van der Waals surface area contributed by atoms with Gasteiger partial charge in [-0.15, -0.1) is 0 Å². The van der Waals surface area contributed by atoms with Crippen molar-refractivity contribution in [3.8, 4) is 0 Å². The maximum Gasteiger partial charge on any atom is 0.128 e. The smallest absolute Gasteiger partial charge is 0.128 e. The average Bonchev–Trinajstić information content (AvgIpc) is 2.84. The molecule has 1 atom stereocenters. The number of anilines is 1. The molecule has 1 unspecified atom stereocenters. The molecule has 118 valence electrons. The highest BCUT2D eigenvalue weighted by Gasteiger charge is 2.22. The summed E-state index contributed by atoms with van der Waals surface area (Å²) < 4.78 is 0. The summed E-state index contributed by atoms with van der Waals surface area (Å²) in [4.78, 5) is 9.65. The molecule has 1 N–H and O–H groups in total. The largest absolute Gasteiger partial charge is 0.358 e. The summed E-state index contributed by atoms with van der Waals surface area (Å²) in [7, 11) is 6.39. The number of nitrogens with one attached hydrogen (secondary N) is 1. The van der Waals surface area contributed by atoms with Gasteiger partial charge >= 0.3 is 0 Å². The Morgan fingerprint density at radius 3 is 2.76 bits per heavy atom. The van der Waals surface area contributed by atoms with E-state index in [-0.39, 0.29) is 0 Å². The lowest BCUT2D eigenvalue weighted by Crippen LogP contribution is -2.37. The van der Waals surface area contributed by atoms with Gasteiger partial charge in [0, 0.05) is 31.9 Å². The third-order valence-corrected chi connectivity index (χ3v) is 4.41. The molecule has 0 spiro atoms. The van der Waals surface area contributed by atoms with Gasteiger partial charge in [0.1, 0.15) is 5.82 Å². The monoisotopic (exact) mass is 290 g/mol. The molecule has 0 amide bonds. The van der Waals surface area contributed by atoms with Crippen LogP contribution in [0.15, 0.2) is 12.1 Å². The highest BCUT2D eigenvalue weighted by Crippen LogP contribution is 2.22. The van der Waals surface area contributed by atoms with E-state index in [0.717, 1.165) is 18.9 Å². The van der Waals surface area contributed by atoms with Gasteiger partial charge in [-0.1, -0.05) is 13.8 Å². The summed E-state index contributed by atoms with van der Waals surface area (Å²) in [6, 6.07) is 5.10. The number of nitrogens with zero attached hydrogens (tertiary/aromatic N) is 3. The van der Waals surface area contributed by atoms with E-state index in [2.05, 4.69) is 55.2 Å². The van der Waals surface area contributed by atoms with Crippen LogP contribution in [0.4, 0.5) is 5.82 Å². The maximum absolute atomic E-state index is 4.86. The van der Waals surface area contributed by atoms with E-state index in [1.54, 1.807) is 0 Å². The topological polar surface area (TPSA) is 31.4 Å². The zero-order valence-electron chi connectivity index (χ0n) is 14.2. The number of hydrogen-bond acceptors (Lipinski definition) is 4. The molecule has 2 rings (SSSR count). The first-order valence-electron chi connectivity index (χ1n) is 8.08. The van der Waals surface area contributed by atoms with Crippen molar-refractivity contribution >= 4 is 5.82 Å². The Morgan fingerprint density at radius 1 is 1.43 bits per heavy atom. The predicted molar refractivity (Wildman–Crippen MR) is 90.0 cm³/mol. The van der Waals surface area contributed by atoms with E-state index in [9.17, 15) is 0 Å². The van der Waals surface area contributed by atoms with Gasteiger partial charge in [-0.05, 0) is 57.1 Å². The van der Waals surface area contributed by atoms with E-state index < -0.39 is 0 Å². The molecule has 0 saturated carbocycles. The van der Waals surface area contributed by atoms with Gasteiger partial charge in [0.2, 0.25) is 0 Å². The van der Waals surface area contributed by atoms with Crippen molar-refractivity contribution in [3.63, 3.8) is 0 Å². The zero-order valence-corrected chi connectivity index (χ0v) is 14.2. The maximum atomic E-state index is 4.86. The Morgan fingerprint density at radius 2 is 2.19 bits per heavy atom. The van der Waals surface area contributed by atoms with Crippen molar-refractivity contribution < 1.29 is 0 Å². The Bertz CT molecular complexity index is 458. The van der Waals surface area contributed by atoms with Crippen LogP contribution in [0.3, 0.4) is 0 Å². The molecular weight excluding hydrogens is 260 g/mol. The number of pyridine rings is 1. The van der Waals surface area contributed by atoms with Crippen molar-refractivity contribution in [2.75, 3.05) is 39.1 Å². The Labute approximate surface area is 129 Å². The number of aromatic nitrogens is 1. The van der Waals surface area contributed by atoms with Crippen LogP contribution in [0.1, 0.15) is 43.9 Å². The molecule has 1 aliphatic heterocycles. The van der Waals surface area contributed by atoms with Crippen LogP contribution in [0.5, 0.6) is 0 Å². The molecule has 1 saturated heterocycles. The molecule has 1 aromatic rings. The predicted octanol–water partition coefficient (Wildman–Crippen LogP) is 2.45. The van der Waals surface area contributed by atoms with Crippen LogP contribution >= 0.6 is 0 Å². The summed E-state index contributed by atoms with van der Waals surface area (Å²) in [5.41, 5.74) is 2.50.